The first-order chi connectivity index (χ1) is 8.48. The number of hydrogen-bond donors (Lipinski definition) is 1. The SMILES string of the molecule is Cc1nc2ccc(S(=O)(=O)C3(C#N)CC3)cc2[nH]1. The van der Waals surface area contributed by atoms with Crippen LogP contribution in [0, 0.1) is 18.3 Å². The van der Waals surface area contributed by atoms with E-state index in [0.717, 1.165) is 11.3 Å². The van der Waals surface area contributed by atoms with Crippen molar-refractivity contribution >= 4 is 20.9 Å². The van der Waals surface area contributed by atoms with Gasteiger partial charge in [-0.2, -0.15) is 5.26 Å². The van der Waals surface area contributed by atoms with Crippen molar-refractivity contribution in [3.05, 3.63) is 24.0 Å². The van der Waals surface area contributed by atoms with E-state index in [4.69, 9.17) is 5.26 Å². The van der Waals surface area contributed by atoms with Crippen LogP contribution in [0.5, 0.6) is 0 Å². The van der Waals surface area contributed by atoms with Gasteiger partial charge in [0.2, 0.25) is 0 Å². The molecule has 1 aromatic heterocycles. The molecular weight excluding hydrogens is 250 g/mol. The minimum atomic E-state index is -3.57. The molecule has 0 unspecified atom stereocenters. The standard InChI is InChI=1S/C12H11N3O2S/c1-8-14-10-3-2-9(6-11(10)15-8)18(16,17)12(7-13)4-5-12/h2-3,6H,4-5H2,1H3,(H,14,15). The number of aromatic amines is 1. The molecule has 5 nitrogen and oxygen atoms in total. The molecule has 92 valence electrons. The Morgan fingerprint density at radius 1 is 1.44 bits per heavy atom. The first-order valence-corrected chi connectivity index (χ1v) is 7.09. The Balaban J connectivity index is 2.18. The summed E-state index contributed by atoms with van der Waals surface area (Å²) in [4.78, 5) is 7.41. The maximum atomic E-state index is 12.3. The summed E-state index contributed by atoms with van der Waals surface area (Å²) < 4.78 is 23.5. The van der Waals surface area contributed by atoms with Gasteiger partial charge in [-0.3, -0.25) is 0 Å². The van der Waals surface area contributed by atoms with Gasteiger partial charge in [0, 0.05) is 0 Å². The van der Waals surface area contributed by atoms with Crippen LogP contribution in [0.15, 0.2) is 23.1 Å². The Labute approximate surface area is 104 Å². The van der Waals surface area contributed by atoms with Crippen molar-refractivity contribution in [2.75, 3.05) is 0 Å². The molecule has 3 rings (SSSR count). The van der Waals surface area contributed by atoms with Crippen molar-refractivity contribution in [3.63, 3.8) is 0 Å². The lowest BCUT2D eigenvalue weighted by Crippen LogP contribution is -2.21. The van der Waals surface area contributed by atoms with Gasteiger partial charge in [-0.25, -0.2) is 13.4 Å². The lowest BCUT2D eigenvalue weighted by molar-refractivity contribution is 0.588. The van der Waals surface area contributed by atoms with Crippen LogP contribution >= 0.6 is 0 Å². The molecule has 1 N–H and O–H groups in total. The molecule has 0 atom stereocenters. The zero-order valence-corrected chi connectivity index (χ0v) is 10.6. The molecule has 1 aliphatic carbocycles. The van der Waals surface area contributed by atoms with Gasteiger partial charge in [0.15, 0.2) is 14.6 Å². The Kier molecular flexibility index (Phi) is 2.08. The lowest BCUT2D eigenvalue weighted by atomic mass is 10.3. The topological polar surface area (TPSA) is 86.6 Å². The predicted octanol–water partition coefficient (Wildman–Crippen LogP) is 1.70. The normalized spacial score (nSPS) is 17.6. The monoisotopic (exact) mass is 261 g/mol. The molecule has 1 aromatic carbocycles. The molecule has 1 fully saturated rings. The predicted molar refractivity (Wildman–Crippen MR) is 65.6 cm³/mol. The average molecular weight is 261 g/mol. The van der Waals surface area contributed by atoms with Gasteiger partial charge in [0.1, 0.15) is 5.82 Å². The Bertz CT molecular complexity index is 779. The third-order valence-corrected chi connectivity index (χ3v) is 5.71. The fourth-order valence-corrected chi connectivity index (χ4v) is 3.79. The van der Waals surface area contributed by atoms with Crippen LogP contribution in [0.3, 0.4) is 0 Å². The fourth-order valence-electron chi connectivity index (χ4n) is 2.06. The van der Waals surface area contributed by atoms with Crippen molar-refractivity contribution in [1.82, 2.24) is 9.97 Å². The van der Waals surface area contributed by atoms with Crippen LogP contribution < -0.4 is 0 Å². The van der Waals surface area contributed by atoms with E-state index in [9.17, 15) is 8.42 Å². The van der Waals surface area contributed by atoms with Crippen LogP contribution in [0.2, 0.25) is 0 Å². The third kappa shape index (κ3) is 1.37. The first kappa shape index (κ1) is 11.2. The van der Waals surface area contributed by atoms with Crippen LogP contribution in [0.1, 0.15) is 18.7 Å². The molecule has 0 radical (unpaired) electrons. The quantitative estimate of drug-likeness (QED) is 0.891. The number of hydrogen-bond acceptors (Lipinski definition) is 4. The molecule has 18 heavy (non-hydrogen) atoms. The highest BCUT2D eigenvalue weighted by Gasteiger charge is 2.56. The smallest absolute Gasteiger partial charge is 0.197 e. The van der Waals surface area contributed by atoms with Gasteiger partial charge in [0.25, 0.3) is 0 Å². The number of aryl methyl sites for hydroxylation is 1. The van der Waals surface area contributed by atoms with E-state index in [0.29, 0.717) is 18.4 Å². The van der Waals surface area contributed by atoms with E-state index in [1.165, 1.54) is 6.07 Å². The first-order valence-electron chi connectivity index (χ1n) is 5.61. The summed E-state index contributed by atoms with van der Waals surface area (Å²) in [5, 5.41) is 9.02. The molecule has 0 bridgehead atoms. The fraction of sp³-hybridized carbons (Fsp3) is 0.333. The highest BCUT2D eigenvalue weighted by Crippen LogP contribution is 2.46. The van der Waals surface area contributed by atoms with Crippen LogP contribution in [0.4, 0.5) is 0 Å². The number of aromatic nitrogens is 2. The second-order valence-corrected chi connectivity index (χ2v) is 6.87. The minimum Gasteiger partial charge on any atom is -0.342 e. The number of fused-ring (bicyclic) bond motifs is 1. The highest BCUT2D eigenvalue weighted by molar-refractivity contribution is 7.93. The Morgan fingerprint density at radius 3 is 2.78 bits per heavy atom. The second-order valence-electron chi connectivity index (χ2n) is 4.61. The second kappa shape index (κ2) is 3.33. The van der Waals surface area contributed by atoms with Gasteiger partial charge >= 0.3 is 0 Å². The number of imidazole rings is 1. The average Bonchev–Trinajstić information content (AvgIpc) is 3.05. The van der Waals surface area contributed by atoms with E-state index in [2.05, 4.69) is 9.97 Å². The summed E-state index contributed by atoms with van der Waals surface area (Å²) in [5.74, 6) is 0.737. The minimum absolute atomic E-state index is 0.192. The van der Waals surface area contributed by atoms with E-state index >= 15 is 0 Å². The molecule has 1 heterocycles. The number of H-pyrrole nitrogens is 1. The van der Waals surface area contributed by atoms with Crippen LogP contribution in [-0.2, 0) is 9.84 Å². The van der Waals surface area contributed by atoms with Crippen molar-refractivity contribution in [2.24, 2.45) is 0 Å². The molecule has 1 saturated carbocycles. The number of nitrogens with one attached hydrogen (secondary N) is 1. The third-order valence-electron chi connectivity index (χ3n) is 3.30. The molecule has 2 aromatic rings. The number of nitriles is 1. The van der Waals surface area contributed by atoms with Crippen molar-refractivity contribution in [1.29, 1.82) is 5.26 Å². The molecule has 0 aliphatic heterocycles. The Morgan fingerprint density at radius 2 is 2.17 bits per heavy atom. The van der Waals surface area contributed by atoms with Crippen LogP contribution in [0.25, 0.3) is 11.0 Å². The largest absolute Gasteiger partial charge is 0.342 e. The summed E-state index contributed by atoms with van der Waals surface area (Å²) in [5.41, 5.74) is 1.41. The summed E-state index contributed by atoms with van der Waals surface area (Å²) in [6, 6.07) is 6.68. The van der Waals surface area contributed by atoms with Crippen LogP contribution in [-0.4, -0.2) is 23.1 Å². The highest BCUT2D eigenvalue weighted by atomic mass is 32.2. The van der Waals surface area contributed by atoms with Gasteiger partial charge in [0.05, 0.1) is 22.0 Å². The maximum absolute atomic E-state index is 12.3. The van der Waals surface area contributed by atoms with Crippen molar-refractivity contribution < 1.29 is 8.42 Å². The lowest BCUT2D eigenvalue weighted by Gasteiger charge is -2.07. The Hall–Kier alpha value is -1.87. The number of benzene rings is 1. The molecule has 0 spiro atoms. The summed E-state index contributed by atoms with van der Waals surface area (Å²) in [7, 11) is -3.57. The van der Waals surface area contributed by atoms with E-state index < -0.39 is 14.6 Å². The molecule has 1 aliphatic rings. The number of rotatable bonds is 2. The van der Waals surface area contributed by atoms with Gasteiger partial charge < -0.3 is 4.98 Å². The van der Waals surface area contributed by atoms with E-state index in [1.807, 2.05) is 13.0 Å². The van der Waals surface area contributed by atoms with E-state index in [-0.39, 0.29) is 4.90 Å². The van der Waals surface area contributed by atoms with E-state index in [1.54, 1.807) is 12.1 Å². The molecule has 0 saturated heterocycles. The molecular formula is C12H11N3O2S. The van der Waals surface area contributed by atoms with Gasteiger partial charge in [-0.05, 0) is 38.0 Å². The van der Waals surface area contributed by atoms with Gasteiger partial charge in [-0.1, -0.05) is 0 Å². The number of sulfone groups is 1. The zero-order chi connectivity index (χ0) is 13.0. The van der Waals surface area contributed by atoms with Gasteiger partial charge in [-0.15, -0.1) is 0 Å². The molecule has 0 amide bonds. The summed E-state index contributed by atoms with van der Waals surface area (Å²) in [6.45, 7) is 1.81. The van der Waals surface area contributed by atoms with Crippen molar-refractivity contribution in [2.45, 2.75) is 29.4 Å². The van der Waals surface area contributed by atoms with Crippen molar-refractivity contribution in [3.8, 4) is 6.07 Å². The molecule has 6 heteroatoms. The number of nitrogens with zero attached hydrogens (tertiary/aromatic N) is 2. The summed E-state index contributed by atoms with van der Waals surface area (Å²) >= 11 is 0. The maximum Gasteiger partial charge on any atom is 0.197 e. The summed E-state index contributed by atoms with van der Waals surface area (Å²) in [6.07, 6.45) is 0.845. The zero-order valence-electron chi connectivity index (χ0n) is 9.77.